The quantitative estimate of drug-likeness (QED) is 0.813. The first-order chi connectivity index (χ1) is 10.1. The molecule has 1 fully saturated rings. The van der Waals surface area contributed by atoms with Crippen molar-refractivity contribution in [3.8, 4) is 5.75 Å². The van der Waals surface area contributed by atoms with Crippen LogP contribution in [0.15, 0.2) is 30.3 Å². The van der Waals surface area contributed by atoms with Crippen LogP contribution in [0, 0.1) is 5.92 Å². The summed E-state index contributed by atoms with van der Waals surface area (Å²) in [5.74, 6) is 2.05. The Morgan fingerprint density at radius 2 is 2.00 bits per heavy atom. The standard InChI is InChI=1S/C17H24ClNO2/c1-14-7-10-17(13-18,11-8-14)19-16(20)9-12-21-15-5-3-2-4-6-15/h2-6,14H,7-13H2,1H3,(H,19,20). The van der Waals surface area contributed by atoms with Crippen molar-refractivity contribution in [2.24, 2.45) is 5.92 Å². The van der Waals surface area contributed by atoms with Gasteiger partial charge in [-0.3, -0.25) is 4.79 Å². The molecular formula is C17H24ClNO2. The molecule has 0 bridgehead atoms. The molecule has 1 aromatic carbocycles. The third-order valence-corrected chi connectivity index (χ3v) is 4.74. The summed E-state index contributed by atoms with van der Waals surface area (Å²) in [4.78, 5) is 12.1. The van der Waals surface area contributed by atoms with Gasteiger partial charge in [-0.15, -0.1) is 11.6 Å². The van der Waals surface area contributed by atoms with Crippen LogP contribution in [0.4, 0.5) is 0 Å². The van der Waals surface area contributed by atoms with E-state index in [1.54, 1.807) is 0 Å². The van der Waals surface area contributed by atoms with Crippen LogP contribution in [0.1, 0.15) is 39.0 Å². The number of amides is 1. The summed E-state index contributed by atoms with van der Waals surface area (Å²) in [7, 11) is 0. The molecule has 4 heteroatoms. The van der Waals surface area contributed by atoms with Crippen molar-refractivity contribution in [2.75, 3.05) is 12.5 Å². The first-order valence-corrected chi connectivity index (χ1v) is 8.22. The number of hydrogen-bond donors (Lipinski definition) is 1. The van der Waals surface area contributed by atoms with Crippen LogP contribution in [0.3, 0.4) is 0 Å². The molecule has 1 aliphatic rings. The van der Waals surface area contributed by atoms with Crippen LogP contribution in [-0.2, 0) is 4.79 Å². The number of halogens is 1. The summed E-state index contributed by atoms with van der Waals surface area (Å²) in [5.41, 5.74) is -0.210. The number of rotatable bonds is 6. The van der Waals surface area contributed by atoms with E-state index in [0.29, 0.717) is 18.9 Å². The SMILES string of the molecule is CC1CCC(CCl)(NC(=O)CCOc2ccccc2)CC1. The molecular weight excluding hydrogens is 286 g/mol. The zero-order chi connectivity index (χ0) is 15.1. The Hall–Kier alpha value is -1.22. The minimum absolute atomic E-state index is 0.0288. The minimum Gasteiger partial charge on any atom is -0.493 e. The number of carbonyl (C=O) groups is 1. The van der Waals surface area contributed by atoms with E-state index in [2.05, 4.69) is 12.2 Å². The predicted molar refractivity (Wildman–Crippen MR) is 85.8 cm³/mol. The molecule has 116 valence electrons. The highest BCUT2D eigenvalue weighted by Gasteiger charge is 2.34. The number of nitrogens with one attached hydrogen (secondary N) is 1. The van der Waals surface area contributed by atoms with Gasteiger partial charge in [0.05, 0.1) is 18.6 Å². The Morgan fingerprint density at radius 3 is 2.62 bits per heavy atom. The molecule has 0 spiro atoms. The fourth-order valence-electron chi connectivity index (χ4n) is 2.74. The fourth-order valence-corrected chi connectivity index (χ4v) is 3.08. The lowest BCUT2D eigenvalue weighted by Crippen LogP contribution is -2.52. The van der Waals surface area contributed by atoms with Crippen molar-refractivity contribution in [1.29, 1.82) is 0 Å². The molecule has 1 aliphatic carbocycles. The second-order valence-electron chi connectivity index (χ2n) is 6.06. The van der Waals surface area contributed by atoms with Gasteiger partial charge in [-0.05, 0) is 43.7 Å². The van der Waals surface area contributed by atoms with E-state index >= 15 is 0 Å². The molecule has 0 saturated heterocycles. The molecule has 0 radical (unpaired) electrons. The van der Waals surface area contributed by atoms with Gasteiger partial charge in [0.25, 0.3) is 0 Å². The van der Waals surface area contributed by atoms with Crippen LogP contribution < -0.4 is 10.1 Å². The first kappa shape index (κ1) is 16.2. The summed E-state index contributed by atoms with van der Waals surface area (Å²) in [6, 6.07) is 9.55. The van der Waals surface area contributed by atoms with Crippen molar-refractivity contribution in [3.63, 3.8) is 0 Å². The Bertz CT molecular complexity index is 441. The number of para-hydroxylation sites is 1. The molecule has 3 nitrogen and oxygen atoms in total. The molecule has 0 unspecified atom stereocenters. The van der Waals surface area contributed by atoms with Gasteiger partial charge in [-0.1, -0.05) is 25.1 Å². The predicted octanol–water partition coefficient (Wildman–Crippen LogP) is 3.76. The first-order valence-electron chi connectivity index (χ1n) is 7.68. The summed E-state index contributed by atoms with van der Waals surface area (Å²) in [6.45, 7) is 2.65. The fraction of sp³-hybridized carbons (Fsp3) is 0.588. The molecule has 1 N–H and O–H groups in total. The van der Waals surface area contributed by atoms with E-state index in [-0.39, 0.29) is 11.4 Å². The number of benzene rings is 1. The smallest absolute Gasteiger partial charge is 0.223 e. The number of hydrogen-bond acceptors (Lipinski definition) is 2. The normalized spacial score (nSPS) is 25.3. The molecule has 0 heterocycles. The van der Waals surface area contributed by atoms with E-state index in [1.807, 2.05) is 30.3 Å². The van der Waals surface area contributed by atoms with Gasteiger partial charge in [0.2, 0.25) is 5.91 Å². The summed E-state index contributed by atoms with van der Waals surface area (Å²) >= 11 is 6.11. The Kier molecular flexibility index (Phi) is 5.92. The van der Waals surface area contributed by atoms with Crippen molar-refractivity contribution >= 4 is 17.5 Å². The third kappa shape index (κ3) is 4.92. The largest absolute Gasteiger partial charge is 0.493 e. The van der Waals surface area contributed by atoms with Crippen molar-refractivity contribution in [1.82, 2.24) is 5.32 Å². The van der Waals surface area contributed by atoms with Crippen LogP contribution in [0.2, 0.25) is 0 Å². The average Bonchev–Trinajstić information content (AvgIpc) is 2.51. The van der Waals surface area contributed by atoms with Gasteiger partial charge in [0.1, 0.15) is 5.75 Å². The number of alkyl halides is 1. The maximum atomic E-state index is 12.1. The van der Waals surface area contributed by atoms with Crippen molar-refractivity contribution in [2.45, 2.75) is 44.6 Å². The van der Waals surface area contributed by atoms with Crippen molar-refractivity contribution < 1.29 is 9.53 Å². The molecule has 0 aromatic heterocycles. The molecule has 0 atom stereocenters. The van der Waals surface area contributed by atoms with E-state index in [9.17, 15) is 4.79 Å². The van der Waals surface area contributed by atoms with Gasteiger partial charge < -0.3 is 10.1 Å². The highest BCUT2D eigenvalue weighted by molar-refractivity contribution is 6.18. The highest BCUT2D eigenvalue weighted by Crippen LogP contribution is 2.32. The van der Waals surface area contributed by atoms with E-state index in [1.165, 1.54) is 0 Å². The minimum atomic E-state index is -0.210. The lowest BCUT2D eigenvalue weighted by atomic mass is 9.78. The highest BCUT2D eigenvalue weighted by atomic mass is 35.5. The number of ether oxygens (including phenoxy) is 1. The zero-order valence-electron chi connectivity index (χ0n) is 12.6. The molecule has 21 heavy (non-hydrogen) atoms. The number of carbonyl (C=O) groups excluding carboxylic acids is 1. The Balaban J connectivity index is 1.75. The maximum absolute atomic E-state index is 12.1. The molecule has 1 saturated carbocycles. The summed E-state index contributed by atoms with van der Waals surface area (Å²) in [5, 5.41) is 3.14. The molecule has 1 aromatic rings. The maximum Gasteiger partial charge on any atom is 0.223 e. The van der Waals surface area contributed by atoms with Gasteiger partial charge in [0, 0.05) is 5.88 Å². The second kappa shape index (κ2) is 7.69. The molecule has 0 aliphatic heterocycles. The van der Waals surface area contributed by atoms with E-state index < -0.39 is 0 Å². The average molecular weight is 310 g/mol. The van der Waals surface area contributed by atoms with Crippen molar-refractivity contribution in [3.05, 3.63) is 30.3 Å². The van der Waals surface area contributed by atoms with E-state index in [0.717, 1.165) is 37.4 Å². The van der Waals surface area contributed by atoms with Crippen LogP contribution in [0.25, 0.3) is 0 Å². The van der Waals surface area contributed by atoms with Crippen LogP contribution >= 0.6 is 11.6 Å². The van der Waals surface area contributed by atoms with Gasteiger partial charge in [-0.25, -0.2) is 0 Å². The summed E-state index contributed by atoms with van der Waals surface area (Å²) < 4.78 is 5.56. The lowest BCUT2D eigenvalue weighted by Gasteiger charge is -2.38. The van der Waals surface area contributed by atoms with Gasteiger partial charge in [-0.2, -0.15) is 0 Å². The Morgan fingerprint density at radius 1 is 1.33 bits per heavy atom. The third-order valence-electron chi connectivity index (χ3n) is 4.23. The van der Waals surface area contributed by atoms with Crippen LogP contribution in [-0.4, -0.2) is 23.9 Å². The van der Waals surface area contributed by atoms with Gasteiger partial charge in [0.15, 0.2) is 0 Å². The van der Waals surface area contributed by atoms with Gasteiger partial charge >= 0.3 is 0 Å². The molecule has 1 amide bonds. The van der Waals surface area contributed by atoms with E-state index in [4.69, 9.17) is 16.3 Å². The Labute approximate surface area is 132 Å². The zero-order valence-corrected chi connectivity index (χ0v) is 13.4. The molecule has 2 rings (SSSR count). The summed E-state index contributed by atoms with van der Waals surface area (Å²) in [6.07, 6.45) is 4.58. The lowest BCUT2D eigenvalue weighted by molar-refractivity contribution is -0.123. The monoisotopic (exact) mass is 309 g/mol. The second-order valence-corrected chi connectivity index (χ2v) is 6.32. The van der Waals surface area contributed by atoms with Crippen LogP contribution in [0.5, 0.6) is 5.75 Å². The topological polar surface area (TPSA) is 38.3 Å².